The van der Waals surface area contributed by atoms with Crippen LogP contribution in [0, 0.1) is 5.82 Å². The molecule has 1 fully saturated rings. The third-order valence-electron chi connectivity index (χ3n) is 4.81. The first-order chi connectivity index (χ1) is 13.7. The minimum atomic E-state index is -0.363. The molecule has 1 atom stereocenters. The number of aromatic nitrogens is 2. The van der Waals surface area contributed by atoms with Crippen molar-refractivity contribution in [1.82, 2.24) is 15.3 Å². The van der Waals surface area contributed by atoms with Gasteiger partial charge in [0.25, 0.3) is 5.91 Å². The maximum Gasteiger partial charge on any atom is 0.251 e. The van der Waals surface area contributed by atoms with Crippen molar-refractivity contribution in [3.05, 3.63) is 66.4 Å². The van der Waals surface area contributed by atoms with Crippen LogP contribution in [0.4, 0.5) is 10.1 Å². The maximum absolute atomic E-state index is 13.0. The number of nitrogens with zero attached hydrogens (tertiary/aromatic N) is 3. The summed E-state index contributed by atoms with van der Waals surface area (Å²) in [5, 5.41) is 3.89. The maximum atomic E-state index is 13.0. The number of hydrogen-bond donors (Lipinski definition) is 1. The van der Waals surface area contributed by atoms with Crippen molar-refractivity contribution < 1.29 is 13.9 Å². The van der Waals surface area contributed by atoms with Crippen molar-refractivity contribution >= 4 is 22.5 Å². The number of nitrogens with one attached hydrogen (secondary N) is 1. The van der Waals surface area contributed by atoms with Gasteiger partial charge in [0.05, 0.1) is 11.6 Å². The van der Waals surface area contributed by atoms with Gasteiger partial charge in [0.2, 0.25) is 0 Å². The standard InChI is InChI=1S/C21H21FN4O2/c22-16-4-2-15(3-5-16)21(27)25-12-17-14-26(10-1-11-28-17)20-7-9-24-19-6-8-23-13-18(19)20/h2-9,13,17H,1,10-12,14H2,(H,25,27). The molecule has 0 bridgehead atoms. The number of halogens is 1. The minimum Gasteiger partial charge on any atom is -0.374 e. The molecule has 1 unspecified atom stereocenters. The molecule has 4 rings (SSSR count). The van der Waals surface area contributed by atoms with Crippen LogP contribution in [-0.4, -0.2) is 48.2 Å². The predicted molar refractivity (Wildman–Crippen MR) is 105 cm³/mol. The van der Waals surface area contributed by atoms with Gasteiger partial charge in [-0.15, -0.1) is 0 Å². The summed E-state index contributed by atoms with van der Waals surface area (Å²) in [6.07, 6.45) is 6.11. The summed E-state index contributed by atoms with van der Waals surface area (Å²) in [7, 11) is 0. The van der Waals surface area contributed by atoms with E-state index in [9.17, 15) is 9.18 Å². The molecule has 0 saturated carbocycles. The monoisotopic (exact) mass is 380 g/mol. The third kappa shape index (κ3) is 4.09. The van der Waals surface area contributed by atoms with E-state index in [0.29, 0.717) is 25.3 Å². The summed E-state index contributed by atoms with van der Waals surface area (Å²) < 4.78 is 18.9. The number of anilines is 1. The van der Waals surface area contributed by atoms with Crippen molar-refractivity contribution in [3.8, 4) is 0 Å². The number of fused-ring (bicyclic) bond motifs is 1. The fraction of sp³-hybridized carbons (Fsp3) is 0.286. The number of carbonyl (C=O) groups excluding carboxylic acids is 1. The average Bonchev–Trinajstić information content (AvgIpc) is 2.98. The highest BCUT2D eigenvalue weighted by atomic mass is 19.1. The van der Waals surface area contributed by atoms with Crippen LogP contribution in [0.25, 0.3) is 10.9 Å². The highest BCUT2D eigenvalue weighted by Crippen LogP contribution is 2.26. The normalized spacial score (nSPS) is 17.3. The van der Waals surface area contributed by atoms with E-state index in [0.717, 1.165) is 29.6 Å². The second kappa shape index (κ2) is 8.31. The van der Waals surface area contributed by atoms with E-state index in [1.807, 2.05) is 18.3 Å². The Morgan fingerprint density at radius 2 is 2.07 bits per heavy atom. The lowest BCUT2D eigenvalue weighted by Crippen LogP contribution is -2.40. The van der Waals surface area contributed by atoms with Gasteiger partial charge in [-0.2, -0.15) is 0 Å². The lowest BCUT2D eigenvalue weighted by atomic mass is 10.2. The van der Waals surface area contributed by atoms with E-state index >= 15 is 0 Å². The summed E-state index contributed by atoms with van der Waals surface area (Å²) in [4.78, 5) is 23.2. The average molecular weight is 380 g/mol. The number of rotatable bonds is 4. The topological polar surface area (TPSA) is 67.4 Å². The lowest BCUT2D eigenvalue weighted by molar-refractivity contribution is 0.0640. The largest absolute Gasteiger partial charge is 0.374 e. The molecule has 3 heterocycles. The Balaban J connectivity index is 1.45. The van der Waals surface area contributed by atoms with E-state index in [-0.39, 0.29) is 17.8 Å². The predicted octanol–water partition coefficient (Wildman–Crippen LogP) is 2.79. The summed E-state index contributed by atoms with van der Waals surface area (Å²) in [6.45, 7) is 2.52. The second-order valence-corrected chi connectivity index (χ2v) is 6.73. The first-order valence-corrected chi connectivity index (χ1v) is 9.30. The molecule has 3 aromatic rings. The molecule has 0 radical (unpaired) electrons. The van der Waals surface area contributed by atoms with E-state index in [1.54, 1.807) is 12.4 Å². The van der Waals surface area contributed by atoms with Crippen LogP contribution >= 0.6 is 0 Å². The van der Waals surface area contributed by atoms with Gasteiger partial charge < -0.3 is 15.0 Å². The molecular weight excluding hydrogens is 359 g/mol. The Labute approximate surface area is 162 Å². The summed E-state index contributed by atoms with van der Waals surface area (Å²) in [5.74, 6) is -0.601. The Hall–Kier alpha value is -3.06. The molecule has 1 aromatic carbocycles. The van der Waals surface area contributed by atoms with Gasteiger partial charge in [-0.1, -0.05) is 0 Å². The quantitative estimate of drug-likeness (QED) is 0.754. The van der Waals surface area contributed by atoms with E-state index in [4.69, 9.17) is 4.74 Å². The molecular formula is C21H21FN4O2. The van der Waals surface area contributed by atoms with E-state index < -0.39 is 0 Å². The molecule has 0 spiro atoms. The van der Waals surface area contributed by atoms with Gasteiger partial charge >= 0.3 is 0 Å². The molecule has 2 aromatic heterocycles. The number of hydrogen-bond acceptors (Lipinski definition) is 5. The molecule has 144 valence electrons. The number of pyridine rings is 2. The Bertz CT molecular complexity index is 959. The zero-order valence-corrected chi connectivity index (χ0v) is 15.3. The molecule has 6 nitrogen and oxygen atoms in total. The number of benzene rings is 1. The molecule has 1 amide bonds. The van der Waals surface area contributed by atoms with Crippen LogP contribution in [0.15, 0.2) is 55.0 Å². The van der Waals surface area contributed by atoms with Crippen LogP contribution in [-0.2, 0) is 4.74 Å². The summed E-state index contributed by atoms with van der Waals surface area (Å²) in [5.41, 5.74) is 2.40. The molecule has 1 aliphatic heterocycles. The Morgan fingerprint density at radius 3 is 2.93 bits per heavy atom. The molecule has 7 heteroatoms. The van der Waals surface area contributed by atoms with Gasteiger partial charge in [-0.3, -0.25) is 14.8 Å². The smallest absolute Gasteiger partial charge is 0.251 e. The zero-order chi connectivity index (χ0) is 19.3. The van der Waals surface area contributed by atoms with Crippen molar-refractivity contribution in [1.29, 1.82) is 0 Å². The lowest BCUT2D eigenvalue weighted by Gasteiger charge is -2.27. The van der Waals surface area contributed by atoms with Crippen molar-refractivity contribution in [3.63, 3.8) is 0 Å². The minimum absolute atomic E-state index is 0.146. The van der Waals surface area contributed by atoms with Crippen molar-refractivity contribution in [2.24, 2.45) is 0 Å². The van der Waals surface area contributed by atoms with Crippen LogP contribution in [0.5, 0.6) is 0 Å². The Morgan fingerprint density at radius 1 is 1.21 bits per heavy atom. The van der Waals surface area contributed by atoms with Crippen molar-refractivity contribution in [2.75, 3.05) is 31.1 Å². The number of ether oxygens (including phenoxy) is 1. The molecule has 1 saturated heterocycles. The Kier molecular flexibility index (Phi) is 5.43. The number of amides is 1. The molecule has 1 aliphatic rings. The van der Waals surface area contributed by atoms with Crippen LogP contribution in [0.3, 0.4) is 0 Å². The van der Waals surface area contributed by atoms with Gasteiger partial charge in [0.15, 0.2) is 0 Å². The van der Waals surface area contributed by atoms with Crippen LogP contribution < -0.4 is 10.2 Å². The van der Waals surface area contributed by atoms with E-state index in [2.05, 4.69) is 20.2 Å². The molecule has 1 N–H and O–H groups in total. The van der Waals surface area contributed by atoms with Gasteiger partial charge in [-0.25, -0.2) is 4.39 Å². The van der Waals surface area contributed by atoms with Crippen molar-refractivity contribution in [2.45, 2.75) is 12.5 Å². The van der Waals surface area contributed by atoms with Gasteiger partial charge in [-0.05, 0) is 42.8 Å². The van der Waals surface area contributed by atoms with Gasteiger partial charge in [0, 0.05) is 61.5 Å². The third-order valence-corrected chi connectivity index (χ3v) is 4.81. The highest BCUT2D eigenvalue weighted by Gasteiger charge is 2.21. The second-order valence-electron chi connectivity index (χ2n) is 6.73. The fourth-order valence-electron chi connectivity index (χ4n) is 3.40. The first kappa shape index (κ1) is 18.3. The fourth-order valence-corrected chi connectivity index (χ4v) is 3.40. The summed E-state index contributed by atoms with van der Waals surface area (Å²) >= 11 is 0. The SMILES string of the molecule is O=C(NCC1CN(c2ccnc3ccncc23)CCCO1)c1ccc(F)cc1. The number of carbonyl (C=O) groups is 1. The molecule has 28 heavy (non-hydrogen) atoms. The molecule has 0 aliphatic carbocycles. The summed E-state index contributed by atoms with van der Waals surface area (Å²) in [6, 6.07) is 9.39. The zero-order valence-electron chi connectivity index (χ0n) is 15.3. The van der Waals surface area contributed by atoms with E-state index in [1.165, 1.54) is 24.3 Å². The van der Waals surface area contributed by atoms with Gasteiger partial charge in [0.1, 0.15) is 5.82 Å². The first-order valence-electron chi connectivity index (χ1n) is 9.30. The van der Waals surface area contributed by atoms with Crippen LogP contribution in [0.1, 0.15) is 16.8 Å². The highest BCUT2D eigenvalue weighted by molar-refractivity contribution is 5.94. The van der Waals surface area contributed by atoms with Crippen LogP contribution in [0.2, 0.25) is 0 Å².